The van der Waals surface area contributed by atoms with E-state index < -0.39 is 0 Å². The van der Waals surface area contributed by atoms with Crippen molar-refractivity contribution < 1.29 is 9.21 Å². The lowest BCUT2D eigenvalue weighted by Crippen LogP contribution is -2.38. The van der Waals surface area contributed by atoms with Gasteiger partial charge in [0.25, 0.3) is 5.91 Å². The van der Waals surface area contributed by atoms with Gasteiger partial charge >= 0.3 is 0 Å². The summed E-state index contributed by atoms with van der Waals surface area (Å²) in [6.07, 6.45) is 2.42. The predicted octanol–water partition coefficient (Wildman–Crippen LogP) is 3.31. The number of oxazole rings is 1. The highest BCUT2D eigenvalue weighted by molar-refractivity contribution is 5.94. The minimum absolute atomic E-state index is 0.0812. The number of aliphatic imine (C=N–C) groups is 1. The van der Waals surface area contributed by atoms with Crippen molar-refractivity contribution in [1.82, 2.24) is 20.9 Å². The monoisotopic (exact) mass is 419 g/mol. The highest BCUT2D eigenvalue weighted by Crippen LogP contribution is 2.19. The molecule has 0 spiro atoms. The maximum atomic E-state index is 11.8. The number of nitrogens with one attached hydrogen (secondary N) is 3. The second kappa shape index (κ2) is 11.0. The summed E-state index contributed by atoms with van der Waals surface area (Å²) in [5.74, 6) is 1.23. The van der Waals surface area contributed by atoms with E-state index in [0.717, 1.165) is 29.8 Å². The highest BCUT2D eigenvalue weighted by Gasteiger charge is 2.07. The molecule has 0 unspecified atom stereocenters. The number of hydrogen-bond acceptors (Lipinski definition) is 4. The van der Waals surface area contributed by atoms with Crippen molar-refractivity contribution in [1.29, 1.82) is 0 Å². The van der Waals surface area contributed by atoms with E-state index in [1.54, 1.807) is 13.3 Å². The second-order valence-electron chi connectivity index (χ2n) is 7.16. The number of carbonyl (C=O) groups is 1. The summed E-state index contributed by atoms with van der Waals surface area (Å²) in [4.78, 5) is 20.9. The maximum absolute atomic E-state index is 11.8. The lowest BCUT2D eigenvalue weighted by atomic mass is 10.1. The number of aromatic nitrogens is 1. The van der Waals surface area contributed by atoms with Crippen LogP contribution in [0.15, 0.2) is 64.2 Å². The molecule has 0 aliphatic rings. The van der Waals surface area contributed by atoms with Gasteiger partial charge < -0.3 is 20.4 Å². The van der Waals surface area contributed by atoms with Gasteiger partial charge in [-0.15, -0.1) is 0 Å². The van der Waals surface area contributed by atoms with Crippen molar-refractivity contribution in [2.45, 2.75) is 26.8 Å². The van der Waals surface area contributed by atoms with Crippen LogP contribution >= 0.6 is 0 Å². The molecular formula is C24H29N5O2. The van der Waals surface area contributed by atoms with Crippen molar-refractivity contribution in [2.75, 3.05) is 20.1 Å². The number of rotatable bonds is 8. The summed E-state index contributed by atoms with van der Waals surface area (Å²) < 4.78 is 5.61. The first kappa shape index (κ1) is 22.1. The molecule has 0 aliphatic heterocycles. The third-order valence-electron chi connectivity index (χ3n) is 4.72. The Labute approximate surface area is 183 Å². The van der Waals surface area contributed by atoms with E-state index in [0.29, 0.717) is 30.5 Å². The molecule has 2 aromatic carbocycles. The molecular weight excluding hydrogens is 390 g/mol. The number of aryl methyl sites for hydroxylation is 1. The molecule has 3 aromatic rings. The van der Waals surface area contributed by atoms with Crippen LogP contribution in [0.4, 0.5) is 0 Å². The molecule has 1 amide bonds. The van der Waals surface area contributed by atoms with Crippen LogP contribution < -0.4 is 16.0 Å². The molecule has 1 aromatic heterocycles. The van der Waals surface area contributed by atoms with E-state index in [4.69, 9.17) is 4.42 Å². The van der Waals surface area contributed by atoms with Crippen LogP contribution in [-0.4, -0.2) is 37.0 Å². The Balaban J connectivity index is 1.57. The third-order valence-corrected chi connectivity index (χ3v) is 4.72. The molecule has 162 valence electrons. The zero-order chi connectivity index (χ0) is 22.1. The number of hydrogen-bond donors (Lipinski definition) is 3. The Morgan fingerprint density at radius 3 is 2.68 bits per heavy atom. The van der Waals surface area contributed by atoms with E-state index >= 15 is 0 Å². The van der Waals surface area contributed by atoms with Crippen LogP contribution in [0.5, 0.6) is 0 Å². The van der Waals surface area contributed by atoms with Gasteiger partial charge in [-0.3, -0.25) is 4.79 Å². The predicted molar refractivity (Wildman–Crippen MR) is 123 cm³/mol. The number of guanidine groups is 1. The average molecular weight is 420 g/mol. The second-order valence-corrected chi connectivity index (χ2v) is 7.16. The van der Waals surface area contributed by atoms with Gasteiger partial charge in [-0.25, -0.2) is 9.98 Å². The molecule has 3 N–H and O–H groups in total. The summed E-state index contributed by atoms with van der Waals surface area (Å²) in [6, 6.07) is 15.7. The molecule has 0 fully saturated rings. The standard InChI is InChI=1S/C24H29N5O2/c1-4-26-24(27-13-12-18-6-5-7-20(14-18)22(30)25-3)28-15-21-16-31-23(29-21)19-10-8-17(2)9-11-19/h5-11,14,16H,4,12-13,15H2,1-3H3,(H,25,30)(H2,26,27,28). The van der Waals surface area contributed by atoms with Crippen LogP contribution in [0.25, 0.3) is 11.5 Å². The van der Waals surface area contributed by atoms with Gasteiger partial charge in [0, 0.05) is 31.3 Å². The summed E-state index contributed by atoms with van der Waals surface area (Å²) in [6.45, 7) is 5.93. The van der Waals surface area contributed by atoms with Gasteiger partial charge in [-0.05, 0) is 50.1 Å². The first-order chi connectivity index (χ1) is 15.1. The fourth-order valence-electron chi connectivity index (χ4n) is 3.05. The average Bonchev–Trinajstić information content (AvgIpc) is 3.26. The first-order valence-electron chi connectivity index (χ1n) is 10.4. The Bertz CT molecular complexity index is 1020. The van der Waals surface area contributed by atoms with Crippen LogP contribution in [0.2, 0.25) is 0 Å². The van der Waals surface area contributed by atoms with Gasteiger partial charge in [0.05, 0.1) is 6.54 Å². The van der Waals surface area contributed by atoms with Crippen molar-refractivity contribution in [3.05, 3.63) is 77.2 Å². The Kier molecular flexibility index (Phi) is 7.81. The lowest BCUT2D eigenvalue weighted by Gasteiger charge is -2.11. The van der Waals surface area contributed by atoms with Gasteiger partial charge in [0.1, 0.15) is 12.0 Å². The quantitative estimate of drug-likeness (QED) is 0.385. The van der Waals surface area contributed by atoms with Crippen molar-refractivity contribution in [3.8, 4) is 11.5 Å². The molecule has 0 saturated carbocycles. The largest absolute Gasteiger partial charge is 0.444 e. The zero-order valence-corrected chi connectivity index (χ0v) is 18.2. The molecule has 3 rings (SSSR count). The zero-order valence-electron chi connectivity index (χ0n) is 18.2. The summed E-state index contributed by atoms with van der Waals surface area (Å²) >= 11 is 0. The highest BCUT2D eigenvalue weighted by atomic mass is 16.3. The van der Waals surface area contributed by atoms with Crippen LogP contribution in [0.1, 0.15) is 34.1 Å². The van der Waals surface area contributed by atoms with E-state index in [1.807, 2.05) is 62.4 Å². The van der Waals surface area contributed by atoms with Crippen molar-refractivity contribution >= 4 is 11.9 Å². The van der Waals surface area contributed by atoms with Gasteiger partial charge in [-0.1, -0.05) is 29.8 Å². The molecule has 0 radical (unpaired) electrons. The van der Waals surface area contributed by atoms with Crippen LogP contribution in [-0.2, 0) is 13.0 Å². The molecule has 0 saturated heterocycles. The van der Waals surface area contributed by atoms with Crippen molar-refractivity contribution in [2.24, 2.45) is 4.99 Å². The Morgan fingerprint density at radius 2 is 1.94 bits per heavy atom. The number of nitrogens with zero attached hydrogens (tertiary/aromatic N) is 2. The van der Waals surface area contributed by atoms with Crippen molar-refractivity contribution in [3.63, 3.8) is 0 Å². The van der Waals surface area contributed by atoms with E-state index in [1.165, 1.54) is 5.56 Å². The van der Waals surface area contributed by atoms with E-state index in [2.05, 4.69) is 25.9 Å². The molecule has 7 heteroatoms. The molecule has 0 aliphatic carbocycles. The smallest absolute Gasteiger partial charge is 0.251 e. The third kappa shape index (κ3) is 6.44. The fraction of sp³-hybridized carbons (Fsp3) is 0.292. The van der Waals surface area contributed by atoms with Gasteiger partial charge in [0.15, 0.2) is 5.96 Å². The molecule has 0 atom stereocenters. The first-order valence-corrected chi connectivity index (χ1v) is 10.4. The van der Waals surface area contributed by atoms with E-state index in [9.17, 15) is 4.79 Å². The number of amides is 1. The molecule has 1 heterocycles. The number of benzene rings is 2. The topological polar surface area (TPSA) is 91.6 Å². The summed E-state index contributed by atoms with van der Waals surface area (Å²) in [5, 5.41) is 9.21. The fourth-order valence-corrected chi connectivity index (χ4v) is 3.05. The minimum Gasteiger partial charge on any atom is -0.444 e. The molecule has 0 bridgehead atoms. The lowest BCUT2D eigenvalue weighted by molar-refractivity contribution is 0.0963. The summed E-state index contributed by atoms with van der Waals surface area (Å²) in [7, 11) is 1.63. The Hall–Kier alpha value is -3.61. The van der Waals surface area contributed by atoms with Gasteiger partial charge in [0.2, 0.25) is 5.89 Å². The molecule has 7 nitrogen and oxygen atoms in total. The van der Waals surface area contributed by atoms with Gasteiger partial charge in [-0.2, -0.15) is 0 Å². The minimum atomic E-state index is -0.0812. The Morgan fingerprint density at radius 1 is 1.13 bits per heavy atom. The summed E-state index contributed by atoms with van der Waals surface area (Å²) in [5.41, 5.74) is 4.66. The maximum Gasteiger partial charge on any atom is 0.251 e. The van der Waals surface area contributed by atoms with Crippen LogP contribution in [0.3, 0.4) is 0 Å². The normalized spacial score (nSPS) is 11.3. The van der Waals surface area contributed by atoms with E-state index in [-0.39, 0.29) is 5.91 Å². The molecule has 31 heavy (non-hydrogen) atoms. The SMILES string of the molecule is CCNC(=NCc1coc(-c2ccc(C)cc2)n1)NCCc1cccc(C(=O)NC)c1. The number of carbonyl (C=O) groups excluding carboxylic acids is 1. The van der Waals surface area contributed by atoms with Crippen LogP contribution in [0, 0.1) is 6.92 Å².